The highest BCUT2D eigenvalue weighted by Gasteiger charge is 2.29. The molecule has 1 aromatic carbocycles. The Kier molecular flexibility index (Phi) is 6.04. The summed E-state index contributed by atoms with van der Waals surface area (Å²) in [6, 6.07) is 8.12. The van der Waals surface area contributed by atoms with E-state index in [2.05, 4.69) is 15.3 Å². The molecule has 1 N–H and O–H groups in total. The Morgan fingerprint density at radius 3 is 2.24 bits per heavy atom. The van der Waals surface area contributed by atoms with Gasteiger partial charge in [0.1, 0.15) is 5.82 Å². The van der Waals surface area contributed by atoms with E-state index in [0.29, 0.717) is 37.8 Å². The van der Waals surface area contributed by atoms with E-state index in [9.17, 15) is 13.2 Å². The van der Waals surface area contributed by atoms with Crippen LogP contribution in [-0.4, -0.2) is 68.9 Å². The van der Waals surface area contributed by atoms with Gasteiger partial charge in [0.05, 0.1) is 4.90 Å². The number of carbonyl (C=O) groups excluding carboxylic acids is 1. The van der Waals surface area contributed by atoms with Crippen molar-refractivity contribution in [3.05, 3.63) is 36.0 Å². The van der Waals surface area contributed by atoms with Gasteiger partial charge in [0.15, 0.2) is 0 Å². The first kappa shape index (κ1) is 21.0. The molecule has 0 radical (unpaired) electrons. The quantitative estimate of drug-likeness (QED) is 0.782. The normalized spacial score (nSPS) is 15.2. The summed E-state index contributed by atoms with van der Waals surface area (Å²) in [6.45, 7) is 5.06. The first-order valence-corrected chi connectivity index (χ1v) is 10.8. The Bertz CT molecular complexity index is 984. The predicted molar refractivity (Wildman–Crippen MR) is 113 cm³/mol. The monoisotopic (exact) mass is 418 g/mol. The van der Waals surface area contributed by atoms with E-state index in [1.807, 2.05) is 36.9 Å². The molecule has 0 aliphatic carbocycles. The van der Waals surface area contributed by atoms with Gasteiger partial charge in [-0.2, -0.15) is 9.29 Å². The maximum atomic E-state index is 12.9. The average Bonchev–Trinajstić information content (AvgIpc) is 2.67. The predicted octanol–water partition coefficient (Wildman–Crippen LogP) is 1.32. The standard InChI is InChI=1S/C19H26N6O3S/c1-14-13-18(23(3)4)22-19(20-14)24-9-11-25(12-10-24)29(27,28)17-7-5-16(6-8-17)21-15(2)26/h5-8,13H,9-12H2,1-4H3,(H,21,26). The van der Waals surface area contributed by atoms with Gasteiger partial charge < -0.3 is 15.1 Å². The lowest BCUT2D eigenvalue weighted by molar-refractivity contribution is -0.114. The van der Waals surface area contributed by atoms with E-state index in [0.717, 1.165) is 11.5 Å². The molecule has 1 saturated heterocycles. The number of rotatable bonds is 5. The summed E-state index contributed by atoms with van der Waals surface area (Å²) >= 11 is 0. The molecular formula is C19H26N6O3S. The molecule has 0 atom stereocenters. The smallest absolute Gasteiger partial charge is 0.243 e. The fourth-order valence-corrected chi connectivity index (χ4v) is 4.52. The van der Waals surface area contributed by atoms with E-state index in [1.165, 1.54) is 23.4 Å². The van der Waals surface area contributed by atoms with Gasteiger partial charge in [-0.25, -0.2) is 13.4 Å². The first-order valence-electron chi connectivity index (χ1n) is 9.32. The van der Waals surface area contributed by atoms with Crippen LogP contribution in [0.15, 0.2) is 35.2 Å². The maximum absolute atomic E-state index is 12.9. The van der Waals surface area contributed by atoms with Crippen LogP contribution >= 0.6 is 0 Å². The zero-order valence-corrected chi connectivity index (χ0v) is 17.9. The number of amides is 1. The van der Waals surface area contributed by atoms with Crippen molar-refractivity contribution >= 4 is 33.4 Å². The molecule has 9 nitrogen and oxygen atoms in total. The summed E-state index contributed by atoms with van der Waals surface area (Å²) < 4.78 is 27.4. The van der Waals surface area contributed by atoms with Crippen molar-refractivity contribution < 1.29 is 13.2 Å². The molecule has 1 aliphatic heterocycles. The van der Waals surface area contributed by atoms with Gasteiger partial charge in [-0.15, -0.1) is 0 Å². The van der Waals surface area contributed by atoms with Crippen molar-refractivity contribution in [3.63, 3.8) is 0 Å². The first-order chi connectivity index (χ1) is 13.7. The third-order valence-electron chi connectivity index (χ3n) is 4.62. The van der Waals surface area contributed by atoms with E-state index in [-0.39, 0.29) is 10.8 Å². The van der Waals surface area contributed by atoms with E-state index in [4.69, 9.17) is 0 Å². The highest BCUT2D eigenvalue weighted by Crippen LogP contribution is 2.22. The minimum atomic E-state index is -3.60. The van der Waals surface area contributed by atoms with Crippen molar-refractivity contribution in [1.82, 2.24) is 14.3 Å². The summed E-state index contributed by atoms with van der Waals surface area (Å²) in [6.07, 6.45) is 0. The van der Waals surface area contributed by atoms with Crippen LogP contribution in [-0.2, 0) is 14.8 Å². The number of aryl methyl sites for hydroxylation is 1. The summed E-state index contributed by atoms with van der Waals surface area (Å²) in [5.74, 6) is 1.24. The van der Waals surface area contributed by atoms with Gasteiger partial charge in [-0.1, -0.05) is 0 Å². The van der Waals surface area contributed by atoms with Gasteiger partial charge >= 0.3 is 0 Å². The zero-order chi connectivity index (χ0) is 21.2. The number of nitrogens with zero attached hydrogens (tertiary/aromatic N) is 5. The molecule has 2 aromatic rings. The largest absolute Gasteiger partial charge is 0.363 e. The summed E-state index contributed by atoms with van der Waals surface area (Å²) in [5.41, 5.74) is 1.43. The molecule has 2 heterocycles. The molecular weight excluding hydrogens is 392 g/mol. The fourth-order valence-electron chi connectivity index (χ4n) is 3.10. The van der Waals surface area contributed by atoms with Crippen molar-refractivity contribution in [2.75, 3.05) is 55.4 Å². The van der Waals surface area contributed by atoms with Crippen LogP contribution in [0, 0.1) is 6.92 Å². The lowest BCUT2D eigenvalue weighted by Crippen LogP contribution is -2.49. The number of benzene rings is 1. The molecule has 1 aliphatic rings. The molecule has 3 rings (SSSR count). The molecule has 1 aromatic heterocycles. The Morgan fingerprint density at radius 1 is 1.07 bits per heavy atom. The molecule has 0 spiro atoms. The summed E-state index contributed by atoms with van der Waals surface area (Å²) in [7, 11) is 0.250. The van der Waals surface area contributed by atoms with Crippen molar-refractivity contribution in [2.45, 2.75) is 18.7 Å². The number of nitrogens with one attached hydrogen (secondary N) is 1. The molecule has 0 saturated carbocycles. The number of aromatic nitrogens is 2. The molecule has 0 unspecified atom stereocenters. The SMILES string of the molecule is CC(=O)Nc1ccc(S(=O)(=O)N2CCN(c3nc(C)cc(N(C)C)n3)CC2)cc1. The highest BCUT2D eigenvalue weighted by molar-refractivity contribution is 7.89. The van der Waals surface area contributed by atoms with Crippen LogP contribution in [0.3, 0.4) is 0 Å². The topological polar surface area (TPSA) is 98.7 Å². The van der Waals surface area contributed by atoms with Gasteiger partial charge in [0, 0.05) is 64.6 Å². The third kappa shape index (κ3) is 4.83. The Labute approximate surface area is 171 Å². The van der Waals surface area contributed by atoms with Crippen LogP contribution in [0.25, 0.3) is 0 Å². The van der Waals surface area contributed by atoms with Crippen LogP contribution in [0.1, 0.15) is 12.6 Å². The number of anilines is 3. The Morgan fingerprint density at radius 2 is 1.69 bits per heavy atom. The third-order valence-corrected chi connectivity index (χ3v) is 6.53. The van der Waals surface area contributed by atoms with E-state index < -0.39 is 10.0 Å². The van der Waals surface area contributed by atoms with Crippen LogP contribution < -0.4 is 15.1 Å². The van der Waals surface area contributed by atoms with Gasteiger partial charge in [-0.3, -0.25) is 4.79 Å². The number of carbonyl (C=O) groups is 1. The summed E-state index contributed by atoms with van der Waals surface area (Å²) in [4.78, 5) is 24.3. The van der Waals surface area contributed by atoms with E-state index in [1.54, 1.807) is 12.1 Å². The number of hydrogen-bond donors (Lipinski definition) is 1. The second-order valence-electron chi connectivity index (χ2n) is 7.16. The summed E-state index contributed by atoms with van der Waals surface area (Å²) in [5, 5.41) is 2.63. The fraction of sp³-hybridized carbons (Fsp3) is 0.421. The lowest BCUT2D eigenvalue weighted by atomic mass is 10.3. The molecule has 29 heavy (non-hydrogen) atoms. The van der Waals surface area contributed by atoms with Crippen molar-refractivity contribution in [3.8, 4) is 0 Å². The zero-order valence-electron chi connectivity index (χ0n) is 17.1. The molecule has 10 heteroatoms. The van der Waals surface area contributed by atoms with Crippen LogP contribution in [0.4, 0.5) is 17.5 Å². The van der Waals surface area contributed by atoms with Crippen LogP contribution in [0.2, 0.25) is 0 Å². The molecule has 1 fully saturated rings. The average molecular weight is 419 g/mol. The van der Waals surface area contributed by atoms with Crippen LogP contribution in [0.5, 0.6) is 0 Å². The number of sulfonamides is 1. The minimum Gasteiger partial charge on any atom is -0.363 e. The number of hydrogen-bond acceptors (Lipinski definition) is 7. The maximum Gasteiger partial charge on any atom is 0.243 e. The molecule has 0 bridgehead atoms. The lowest BCUT2D eigenvalue weighted by Gasteiger charge is -2.34. The Hall–Kier alpha value is -2.72. The van der Waals surface area contributed by atoms with Gasteiger partial charge in [0.2, 0.25) is 21.9 Å². The van der Waals surface area contributed by atoms with Crippen molar-refractivity contribution in [1.29, 1.82) is 0 Å². The van der Waals surface area contributed by atoms with Gasteiger partial charge in [-0.05, 0) is 31.2 Å². The van der Waals surface area contributed by atoms with E-state index >= 15 is 0 Å². The van der Waals surface area contributed by atoms with Crippen molar-refractivity contribution in [2.24, 2.45) is 0 Å². The molecule has 1 amide bonds. The second kappa shape index (κ2) is 8.34. The highest BCUT2D eigenvalue weighted by atomic mass is 32.2. The second-order valence-corrected chi connectivity index (χ2v) is 9.10. The number of piperazine rings is 1. The Balaban J connectivity index is 1.70. The van der Waals surface area contributed by atoms with Gasteiger partial charge in [0.25, 0.3) is 0 Å². The minimum absolute atomic E-state index is 0.201. The molecule has 156 valence electrons.